The van der Waals surface area contributed by atoms with E-state index >= 15 is 0 Å². The molecule has 0 aliphatic carbocycles. The van der Waals surface area contributed by atoms with Gasteiger partial charge in [0.2, 0.25) is 0 Å². The topological polar surface area (TPSA) is 0 Å². The minimum Gasteiger partial charge on any atom is -0.100 e. The maximum Gasteiger partial charge on any atom is -0.00698 e. The summed E-state index contributed by atoms with van der Waals surface area (Å²) in [5.41, 5.74) is 6.53. The molecule has 0 atom stereocenters. The number of allylic oxidation sites excluding steroid dienone is 1. The Bertz CT molecular complexity index is 1070. The van der Waals surface area contributed by atoms with E-state index in [2.05, 4.69) is 93.2 Å². The third-order valence-corrected chi connectivity index (χ3v) is 4.52. The number of fused-ring (bicyclic) bond motifs is 2. The zero-order valence-electron chi connectivity index (χ0n) is 18.1. The van der Waals surface area contributed by atoms with E-state index in [1.165, 1.54) is 49.4 Å². The Kier molecular flexibility index (Phi) is 7.58. The van der Waals surface area contributed by atoms with Crippen LogP contribution < -0.4 is 0 Å². The first-order valence-electron chi connectivity index (χ1n) is 10.1. The standard InChI is InChI=1S/C22H18.C4H8.C2H6/c1-15-7-5-9-18-10-6-12-20(21(15)18)22-16(2)13-14-17-8-3-4-11-19(17)22;1-4(2)3;1-2/h3-14H,1-2H3;1H2,2-3H3;1-2H3. The van der Waals surface area contributed by atoms with E-state index in [4.69, 9.17) is 0 Å². The van der Waals surface area contributed by atoms with Gasteiger partial charge in [0, 0.05) is 0 Å². The van der Waals surface area contributed by atoms with Crippen LogP contribution in [0.15, 0.2) is 84.9 Å². The van der Waals surface area contributed by atoms with E-state index in [0.29, 0.717) is 0 Å². The second-order valence-electron chi connectivity index (χ2n) is 7.16. The highest BCUT2D eigenvalue weighted by atomic mass is 14.1. The second-order valence-corrected chi connectivity index (χ2v) is 7.16. The highest BCUT2D eigenvalue weighted by molar-refractivity contribution is 6.07. The van der Waals surface area contributed by atoms with Crippen molar-refractivity contribution in [1.82, 2.24) is 0 Å². The van der Waals surface area contributed by atoms with Crippen LogP contribution in [-0.2, 0) is 0 Å². The summed E-state index contributed by atoms with van der Waals surface area (Å²) in [4.78, 5) is 0. The van der Waals surface area contributed by atoms with E-state index in [1.54, 1.807) is 0 Å². The van der Waals surface area contributed by atoms with Crippen LogP contribution in [0.3, 0.4) is 0 Å². The Morgan fingerprint density at radius 2 is 1.21 bits per heavy atom. The summed E-state index contributed by atoms with van der Waals surface area (Å²) in [5.74, 6) is 0. The van der Waals surface area contributed by atoms with Crippen LogP contribution in [0.2, 0.25) is 0 Å². The maximum absolute atomic E-state index is 3.56. The molecule has 0 unspecified atom stereocenters. The summed E-state index contributed by atoms with van der Waals surface area (Å²) in [7, 11) is 0. The van der Waals surface area contributed by atoms with Crippen molar-refractivity contribution in [2.45, 2.75) is 41.5 Å². The fourth-order valence-corrected chi connectivity index (χ4v) is 3.47. The van der Waals surface area contributed by atoms with Crippen LogP contribution in [0.25, 0.3) is 32.7 Å². The summed E-state index contributed by atoms with van der Waals surface area (Å²) in [5, 5.41) is 5.31. The molecule has 28 heavy (non-hydrogen) atoms. The molecule has 0 aromatic heterocycles. The first kappa shape index (κ1) is 21.4. The summed E-state index contributed by atoms with van der Waals surface area (Å²) in [6.07, 6.45) is 0. The van der Waals surface area contributed by atoms with Gasteiger partial charge >= 0.3 is 0 Å². The molecule has 0 aliphatic rings. The van der Waals surface area contributed by atoms with Crippen molar-refractivity contribution in [1.29, 1.82) is 0 Å². The van der Waals surface area contributed by atoms with Crippen LogP contribution in [0, 0.1) is 13.8 Å². The Morgan fingerprint density at radius 1 is 0.643 bits per heavy atom. The van der Waals surface area contributed by atoms with Crippen LogP contribution in [0.4, 0.5) is 0 Å². The second kappa shape index (κ2) is 9.90. The molecule has 0 heterocycles. The Balaban J connectivity index is 0.000000419. The zero-order valence-corrected chi connectivity index (χ0v) is 18.1. The molecule has 0 radical (unpaired) electrons. The third kappa shape index (κ3) is 4.70. The van der Waals surface area contributed by atoms with Gasteiger partial charge in [0.1, 0.15) is 0 Å². The highest BCUT2D eigenvalue weighted by Gasteiger charge is 2.11. The zero-order chi connectivity index (χ0) is 20.7. The minimum atomic E-state index is 1.17. The van der Waals surface area contributed by atoms with Crippen LogP contribution in [0.1, 0.15) is 38.8 Å². The van der Waals surface area contributed by atoms with Gasteiger partial charge in [-0.15, -0.1) is 6.58 Å². The maximum atomic E-state index is 3.56. The average Bonchev–Trinajstić information content (AvgIpc) is 2.69. The Hall–Kier alpha value is -2.86. The molecule has 0 fully saturated rings. The average molecular weight is 369 g/mol. The van der Waals surface area contributed by atoms with Gasteiger partial charge in [-0.2, -0.15) is 0 Å². The predicted molar refractivity (Wildman–Crippen MR) is 128 cm³/mol. The molecule has 0 N–H and O–H groups in total. The van der Waals surface area contributed by atoms with Gasteiger partial charge in [-0.25, -0.2) is 0 Å². The molecule has 0 heteroatoms. The van der Waals surface area contributed by atoms with Crippen molar-refractivity contribution in [3.8, 4) is 11.1 Å². The van der Waals surface area contributed by atoms with Gasteiger partial charge in [-0.1, -0.05) is 92.2 Å². The molecule has 4 aromatic carbocycles. The molecule has 0 saturated heterocycles. The fraction of sp³-hybridized carbons (Fsp3) is 0.214. The molecule has 0 amide bonds. The van der Waals surface area contributed by atoms with Crippen molar-refractivity contribution in [3.05, 3.63) is 96.1 Å². The number of aryl methyl sites for hydroxylation is 2. The molecular formula is C28H32. The fourth-order valence-electron chi connectivity index (χ4n) is 3.47. The Labute approximate surface area is 170 Å². The molecule has 0 nitrogen and oxygen atoms in total. The first-order valence-corrected chi connectivity index (χ1v) is 10.1. The van der Waals surface area contributed by atoms with Gasteiger partial charge in [0.05, 0.1) is 0 Å². The number of hydrogen-bond donors (Lipinski definition) is 0. The van der Waals surface area contributed by atoms with Crippen molar-refractivity contribution in [2.75, 3.05) is 0 Å². The number of hydrogen-bond acceptors (Lipinski definition) is 0. The lowest BCUT2D eigenvalue weighted by molar-refractivity contribution is 1.42. The van der Waals surface area contributed by atoms with E-state index in [1.807, 2.05) is 27.7 Å². The van der Waals surface area contributed by atoms with Crippen LogP contribution in [0.5, 0.6) is 0 Å². The highest BCUT2D eigenvalue weighted by Crippen LogP contribution is 2.37. The van der Waals surface area contributed by atoms with E-state index < -0.39 is 0 Å². The van der Waals surface area contributed by atoms with Crippen LogP contribution in [-0.4, -0.2) is 0 Å². The minimum absolute atomic E-state index is 1.17. The van der Waals surface area contributed by atoms with Gasteiger partial charge in [0.15, 0.2) is 0 Å². The number of benzene rings is 4. The quantitative estimate of drug-likeness (QED) is 0.294. The smallest absolute Gasteiger partial charge is 0.00698 e. The molecule has 4 rings (SSSR count). The van der Waals surface area contributed by atoms with E-state index in [9.17, 15) is 0 Å². The number of rotatable bonds is 1. The monoisotopic (exact) mass is 368 g/mol. The van der Waals surface area contributed by atoms with Crippen LogP contribution >= 0.6 is 0 Å². The molecular weight excluding hydrogens is 336 g/mol. The van der Waals surface area contributed by atoms with Gasteiger partial charge < -0.3 is 0 Å². The predicted octanol–water partition coefficient (Wildman–Crippen LogP) is 8.89. The SMILES string of the molecule is C=C(C)C.CC.Cc1ccc2ccccc2c1-c1cccc2cccc(C)c12. The molecule has 0 aliphatic heterocycles. The molecule has 0 spiro atoms. The van der Waals surface area contributed by atoms with Gasteiger partial charge in [-0.05, 0) is 71.5 Å². The first-order chi connectivity index (χ1) is 13.5. The summed E-state index contributed by atoms with van der Waals surface area (Å²) in [6.45, 7) is 15.9. The molecule has 4 aromatic rings. The lowest BCUT2D eigenvalue weighted by atomic mass is 9.89. The van der Waals surface area contributed by atoms with E-state index in [0.717, 1.165) is 0 Å². The van der Waals surface area contributed by atoms with Crippen molar-refractivity contribution in [2.24, 2.45) is 0 Å². The lowest BCUT2D eigenvalue weighted by Crippen LogP contribution is -1.89. The van der Waals surface area contributed by atoms with E-state index in [-0.39, 0.29) is 0 Å². The summed E-state index contributed by atoms with van der Waals surface area (Å²) < 4.78 is 0. The molecule has 0 saturated carbocycles. The Morgan fingerprint density at radius 3 is 1.89 bits per heavy atom. The summed E-state index contributed by atoms with van der Waals surface area (Å²) >= 11 is 0. The molecule has 0 bridgehead atoms. The molecule has 144 valence electrons. The third-order valence-electron chi connectivity index (χ3n) is 4.52. The van der Waals surface area contributed by atoms with Gasteiger partial charge in [0.25, 0.3) is 0 Å². The summed E-state index contributed by atoms with van der Waals surface area (Å²) in [6, 6.07) is 26.3. The van der Waals surface area contributed by atoms with Gasteiger partial charge in [-0.3, -0.25) is 0 Å². The normalized spacial score (nSPS) is 9.93. The van der Waals surface area contributed by atoms with Crippen molar-refractivity contribution >= 4 is 21.5 Å². The lowest BCUT2D eigenvalue weighted by Gasteiger charge is -2.15. The van der Waals surface area contributed by atoms with Crippen molar-refractivity contribution in [3.63, 3.8) is 0 Å². The largest absolute Gasteiger partial charge is 0.100 e. The van der Waals surface area contributed by atoms with Crippen molar-refractivity contribution < 1.29 is 0 Å².